The van der Waals surface area contributed by atoms with E-state index in [1.165, 1.54) is 11.1 Å². The fraction of sp³-hybridized carbons (Fsp3) is 0.462. The molecule has 0 spiro atoms. The van der Waals surface area contributed by atoms with Crippen LogP contribution in [0.25, 0.3) is 0 Å². The van der Waals surface area contributed by atoms with E-state index in [-0.39, 0.29) is 18.3 Å². The molecule has 102 valence electrons. The quantitative estimate of drug-likeness (QED) is 0.754. The predicted octanol–water partition coefficient (Wildman–Crippen LogP) is 1.99. The average Bonchev–Trinajstić information content (AvgIpc) is 2.29. The summed E-state index contributed by atoms with van der Waals surface area (Å²) in [6.07, 6.45) is 0. The zero-order valence-electron chi connectivity index (χ0n) is 10.9. The summed E-state index contributed by atoms with van der Waals surface area (Å²) in [5.41, 5.74) is 2.54. The Bertz CT molecular complexity index is 361. The molecule has 0 saturated heterocycles. The van der Waals surface area contributed by atoms with Gasteiger partial charge in [-0.15, -0.1) is 24.2 Å². The van der Waals surface area contributed by atoms with Crippen LogP contribution in [-0.2, 0) is 10.5 Å². The van der Waals surface area contributed by atoms with Crippen molar-refractivity contribution in [1.29, 1.82) is 0 Å². The van der Waals surface area contributed by atoms with Crippen molar-refractivity contribution in [3.63, 3.8) is 0 Å². The summed E-state index contributed by atoms with van der Waals surface area (Å²) in [6.45, 7) is 3.59. The molecule has 0 atom stereocenters. The zero-order valence-corrected chi connectivity index (χ0v) is 12.5. The highest BCUT2D eigenvalue weighted by molar-refractivity contribution is 7.99. The summed E-state index contributed by atoms with van der Waals surface area (Å²) in [4.78, 5) is 11.4. The van der Waals surface area contributed by atoms with Crippen LogP contribution in [0.5, 0.6) is 0 Å². The molecule has 3 nitrogen and oxygen atoms in total. The van der Waals surface area contributed by atoms with Crippen molar-refractivity contribution in [1.82, 2.24) is 10.6 Å². The van der Waals surface area contributed by atoms with Crippen molar-refractivity contribution in [2.45, 2.75) is 12.7 Å². The SMILES string of the molecule is CNCCNC(=O)CSCc1cccc(C)c1.Cl. The number of benzene rings is 1. The number of nitrogens with one attached hydrogen (secondary N) is 2. The minimum atomic E-state index is 0. The van der Waals surface area contributed by atoms with Crippen molar-refractivity contribution in [2.24, 2.45) is 0 Å². The van der Waals surface area contributed by atoms with E-state index < -0.39 is 0 Å². The molecule has 18 heavy (non-hydrogen) atoms. The highest BCUT2D eigenvalue weighted by atomic mass is 35.5. The Balaban J connectivity index is 0.00000289. The summed E-state index contributed by atoms with van der Waals surface area (Å²) < 4.78 is 0. The summed E-state index contributed by atoms with van der Waals surface area (Å²) in [6, 6.07) is 8.39. The Labute approximate surface area is 120 Å². The van der Waals surface area contributed by atoms with E-state index in [1.807, 2.05) is 7.05 Å². The van der Waals surface area contributed by atoms with Gasteiger partial charge in [0.25, 0.3) is 0 Å². The van der Waals surface area contributed by atoms with Gasteiger partial charge in [-0.05, 0) is 19.5 Å². The molecule has 1 amide bonds. The van der Waals surface area contributed by atoms with Crippen LogP contribution >= 0.6 is 24.2 Å². The second-order valence-corrected chi connectivity index (χ2v) is 4.92. The second kappa shape index (κ2) is 10.2. The first-order chi connectivity index (χ1) is 8.22. The van der Waals surface area contributed by atoms with Gasteiger partial charge in [-0.2, -0.15) is 0 Å². The highest BCUT2D eigenvalue weighted by Crippen LogP contribution is 2.12. The third-order valence-electron chi connectivity index (χ3n) is 2.28. The first-order valence-corrected chi connectivity index (χ1v) is 6.92. The molecule has 0 aliphatic rings. The molecule has 0 saturated carbocycles. The number of hydrogen-bond donors (Lipinski definition) is 2. The van der Waals surface area contributed by atoms with Gasteiger partial charge in [-0.1, -0.05) is 29.8 Å². The fourth-order valence-corrected chi connectivity index (χ4v) is 2.25. The monoisotopic (exact) mass is 288 g/mol. The lowest BCUT2D eigenvalue weighted by Crippen LogP contribution is -2.31. The maximum Gasteiger partial charge on any atom is 0.230 e. The Kier molecular flexibility index (Phi) is 9.83. The number of likely N-dealkylation sites (N-methyl/N-ethyl adjacent to an activating group) is 1. The van der Waals surface area contributed by atoms with E-state index in [9.17, 15) is 4.79 Å². The molecule has 0 aliphatic carbocycles. The molecule has 0 aliphatic heterocycles. The highest BCUT2D eigenvalue weighted by Gasteiger charge is 2.01. The molecule has 1 aromatic carbocycles. The van der Waals surface area contributed by atoms with E-state index in [0.717, 1.165) is 12.3 Å². The standard InChI is InChI=1S/C13H20N2OS.ClH/c1-11-4-3-5-12(8-11)9-17-10-13(16)15-7-6-14-2;/h3-5,8,14H,6-7,9-10H2,1-2H3,(H,15,16);1H. The molecule has 0 unspecified atom stereocenters. The maximum atomic E-state index is 11.4. The largest absolute Gasteiger partial charge is 0.354 e. The number of amides is 1. The predicted molar refractivity (Wildman–Crippen MR) is 81.5 cm³/mol. The van der Waals surface area contributed by atoms with Crippen molar-refractivity contribution in [3.05, 3.63) is 35.4 Å². The van der Waals surface area contributed by atoms with E-state index >= 15 is 0 Å². The fourth-order valence-electron chi connectivity index (χ4n) is 1.44. The Morgan fingerprint density at radius 1 is 1.33 bits per heavy atom. The van der Waals surface area contributed by atoms with E-state index in [4.69, 9.17) is 0 Å². The molecule has 0 aromatic heterocycles. The minimum absolute atomic E-state index is 0. The average molecular weight is 289 g/mol. The molecular weight excluding hydrogens is 268 g/mol. The van der Waals surface area contributed by atoms with Crippen molar-refractivity contribution in [2.75, 3.05) is 25.9 Å². The molecule has 0 heterocycles. The van der Waals surface area contributed by atoms with Gasteiger partial charge in [0.15, 0.2) is 0 Å². The second-order valence-electron chi connectivity index (χ2n) is 3.94. The molecule has 2 N–H and O–H groups in total. The molecule has 0 fully saturated rings. The molecule has 0 radical (unpaired) electrons. The first-order valence-electron chi connectivity index (χ1n) is 5.77. The van der Waals surface area contributed by atoms with E-state index in [1.54, 1.807) is 11.8 Å². The Morgan fingerprint density at radius 3 is 2.78 bits per heavy atom. The maximum absolute atomic E-state index is 11.4. The van der Waals surface area contributed by atoms with Gasteiger partial charge in [0.05, 0.1) is 5.75 Å². The molecule has 1 aromatic rings. The topological polar surface area (TPSA) is 41.1 Å². The van der Waals surface area contributed by atoms with Gasteiger partial charge in [0, 0.05) is 18.8 Å². The number of carbonyl (C=O) groups excluding carboxylic acids is 1. The van der Waals surface area contributed by atoms with Crippen LogP contribution in [0.1, 0.15) is 11.1 Å². The Morgan fingerprint density at radius 2 is 2.11 bits per heavy atom. The lowest BCUT2D eigenvalue weighted by Gasteiger charge is -2.05. The minimum Gasteiger partial charge on any atom is -0.354 e. The number of rotatable bonds is 7. The van der Waals surface area contributed by atoms with Crippen LogP contribution in [0.4, 0.5) is 0 Å². The summed E-state index contributed by atoms with van der Waals surface area (Å²) >= 11 is 1.65. The van der Waals surface area contributed by atoms with Crippen molar-refractivity contribution >= 4 is 30.1 Å². The number of hydrogen-bond acceptors (Lipinski definition) is 3. The molecule has 1 rings (SSSR count). The molecule has 0 bridgehead atoms. The van der Waals surface area contributed by atoms with Gasteiger partial charge in [-0.3, -0.25) is 4.79 Å². The Hall–Kier alpha value is -0.710. The van der Waals surface area contributed by atoms with Gasteiger partial charge in [-0.25, -0.2) is 0 Å². The number of carbonyl (C=O) groups is 1. The number of thioether (sulfide) groups is 1. The van der Waals surface area contributed by atoms with Crippen LogP contribution in [-0.4, -0.2) is 31.8 Å². The van der Waals surface area contributed by atoms with Crippen LogP contribution in [0.3, 0.4) is 0 Å². The van der Waals surface area contributed by atoms with Crippen LogP contribution in [0.15, 0.2) is 24.3 Å². The van der Waals surface area contributed by atoms with Gasteiger partial charge in [0.1, 0.15) is 0 Å². The van der Waals surface area contributed by atoms with Crippen molar-refractivity contribution < 1.29 is 4.79 Å². The van der Waals surface area contributed by atoms with Gasteiger partial charge < -0.3 is 10.6 Å². The normalized spacial score (nSPS) is 9.67. The van der Waals surface area contributed by atoms with Crippen LogP contribution < -0.4 is 10.6 Å². The van der Waals surface area contributed by atoms with Crippen LogP contribution in [0, 0.1) is 6.92 Å². The van der Waals surface area contributed by atoms with Crippen molar-refractivity contribution in [3.8, 4) is 0 Å². The van der Waals surface area contributed by atoms with Gasteiger partial charge in [0.2, 0.25) is 5.91 Å². The summed E-state index contributed by atoms with van der Waals surface area (Å²) in [5, 5.41) is 5.85. The lowest BCUT2D eigenvalue weighted by molar-refractivity contribution is -0.118. The smallest absolute Gasteiger partial charge is 0.230 e. The lowest BCUT2D eigenvalue weighted by atomic mass is 10.2. The molecular formula is C13H21ClN2OS. The summed E-state index contributed by atoms with van der Waals surface area (Å²) in [5.74, 6) is 1.52. The molecule has 5 heteroatoms. The third-order valence-corrected chi connectivity index (χ3v) is 3.29. The zero-order chi connectivity index (χ0) is 12.5. The van der Waals surface area contributed by atoms with Gasteiger partial charge >= 0.3 is 0 Å². The van der Waals surface area contributed by atoms with E-state index in [2.05, 4.69) is 41.8 Å². The van der Waals surface area contributed by atoms with Crippen LogP contribution in [0.2, 0.25) is 0 Å². The summed E-state index contributed by atoms with van der Waals surface area (Å²) in [7, 11) is 1.87. The first kappa shape index (κ1) is 17.3. The number of aryl methyl sites for hydroxylation is 1. The third kappa shape index (κ3) is 7.58. The van der Waals surface area contributed by atoms with E-state index in [0.29, 0.717) is 12.3 Å². The number of halogens is 1.